The van der Waals surface area contributed by atoms with Gasteiger partial charge in [-0.25, -0.2) is 13.6 Å². The fourth-order valence-corrected chi connectivity index (χ4v) is 3.45. The summed E-state index contributed by atoms with van der Waals surface area (Å²) in [5.41, 5.74) is 1.64. The smallest absolute Gasteiger partial charge is 0.241 e. The first-order chi connectivity index (χ1) is 13.2. The Morgan fingerprint density at radius 2 is 1.68 bits per heavy atom. The Morgan fingerprint density at radius 3 is 2.32 bits per heavy atom. The van der Waals surface area contributed by atoms with Crippen LogP contribution in [0.4, 0.5) is 5.69 Å². The van der Waals surface area contributed by atoms with E-state index in [0.29, 0.717) is 12.2 Å². The molecule has 6 nitrogen and oxygen atoms in total. The summed E-state index contributed by atoms with van der Waals surface area (Å²) < 4.78 is 22.6. The highest BCUT2D eigenvalue weighted by Crippen LogP contribution is 2.18. The highest BCUT2D eigenvalue weighted by molar-refractivity contribution is 7.89. The van der Waals surface area contributed by atoms with Gasteiger partial charge >= 0.3 is 0 Å². The van der Waals surface area contributed by atoms with Crippen molar-refractivity contribution in [1.29, 1.82) is 0 Å². The van der Waals surface area contributed by atoms with Gasteiger partial charge in [0, 0.05) is 12.2 Å². The molecule has 146 valence electrons. The van der Waals surface area contributed by atoms with Gasteiger partial charge < -0.3 is 5.32 Å². The Balaban J connectivity index is 1.64. The van der Waals surface area contributed by atoms with Crippen LogP contribution in [0.25, 0.3) is 10.8 Å². The first-order valence-corrected chi connectivity index (χ1v) is 10.4. The van der Waals surface area contributed by atoms with Gasteiger partial charge in [0.25, 0.3) is 0 Å². The fraction of sp³-hybridized carbons (Fsp3) is 0.190. The van der Waals surface area contributed by atoms with E-state index in [0.717, 1.165) is 5.56 Å². The number of sulfonamides is 1. The number of anilines is 1. The number of rotatable bonds is 6. The molecule has 3 aromatic rings. The number of likely N-dealkylation sites (N-methyl/N-ethyl adjacent to an activating group) is 1. The topological polar surface area (TPSA) is 92.5 Å². The number of fused-ring (bicyclic) bond motifs is 1. The summed E-state index contributed by atoms with van der Waals surface area (Å²) in [6, 6.07) is 19.8. The number of carbonyl (C=O) groups excluding carboxylic acids is 1. The molecule has 3 aromatic carbocycles. The molecule has 28 heavy (non-hydrogen) atoms. The van der Waals surface area contributed by atoms with Gasteiger partial charge in [0.1, 0.15) is 0 Å². The molecule has 0 unspecified atom stereocenters. The van der Waals surface area contributed by atoms with Gasteiger partial charge in [0.05, 0.1) is 10.9 Å². The summed E-state index contributed by atoms with van der Waals surface area (Å²) in [6.45, 7) is 2.46. The van der Waals surface area contributed by atoms with E-state index in [1.807, 2.05) is 31.0 Å². The van der Waals surface area contributed by atoms with Crippen LogP contribution in [0.3, 0.4) is 0 Å². The molecule has 0 radical (unpaired) electrons. The monoisotopic (exact) mass is 397 g/mol. The number of carbonyl (C=O) groups is 1. The van der Waals surface area contributed by atoms with Crippen molar-refractivity contribution in [1.82, 2.24) is 4.90 Å². The van der Waals surface area contributed by atoms with Crippen LogP contribution in [0.2, 0.25) is 0 Å². The number of amides is 1. The lowest BCUT2D eigenvalue weighted by molar-refractivity contribution is -0.120. The Hall–Kier alpha value is -2.74. The third kappa shape index (κ3) is 4.75. The van der Waals surface area contributed by atoms with E-state index < -0.39 is 10.0 Å². The first kappa shape index (κ1) is 20.0. The Morgan fingerprint density at radius 1 is 1.04 bits per heavy atom. The van der Waals surface area contributed by atoms with Crippen LogP contribution in [-0.4, -0.2) is 32.3 Å². The van der Waals surface area contributed by atoms with Gasteiger partial charge in [0.15, 0.2) is 0 Å². The second-order valence-electron chi connectivity index (χ2n) is 6.83. The largest absolute Gasteiger partial charge is 0.325 e. The summed E-state index contributed by atoms with van der Waals surface area (Å²) in [5, 5.41) is 10.2. The number of nitrogens with two attached hydrogens (primary N) is 1. The van der Waals surface area contributed by atoms with Gasteiger partial charge in [-0.3, -0.25) is 9.69 Å². The maximum Gasteiger partial charge on any atom is 0.241 e. The zero-order valence-corrected chi connectivity index (χ0v) is 16.6. The molecule has 0 saturated carbocycles. The molecule has 3 N–H and O–H groups in total. The molecular weight excluding hydrogens is 374 g/mol. The van der Waals surface area contributed by atoms with Crippen LogP contribution >= 0.6 is 0 Å². The normalized spacial score (nSPS) is 12.9. The molecule has 0 aromatic heterocycles. The molecule has 1 atom stereocenters. The summed E-state index contributed by atoms with van der Waals surface area (Å²) in [4.78, 5) is 14.5. The third-order valence-corrected chi connectivity index (χ3v) is 5.67. The zero-order valence-electron chi connectivity index (χ0n) is 15.8. The average molecular weight is 398 g/mol. The molecule has 0 fully saturated rings. The predicted molar refractivity (Wildman–Crippen MR) is 111 cm³/mol. The molecule has 1 amide bonds. The molecule has 3 rings (SSSR count). The second-order valence-corrected chi connectivity index (χ2v) is 8.39. The van der Waals surface area contributed by atoms with Gasteiger partial charge in [-0.1, -0.05) is 36.4 Å². The SMILES string of the molecule is C[C@H](C(=O)Nc1ccc(S(N)(=O)=O)cc1)N(C)Cc1ccc2ccccc2c1. The molecule has 0 aliphatic rings. The van der Waals surface area contributed by atoms with Crippen molar-refractivity contribution in [2.75, 3.05) is 12.4 Å². The van der Waals surface area contributed by atoms with Crippen molar-refractivity contribution in [3.8, 4) is 0 Å². The molecular formula is C21H23N3O3S. The summed E-state index contributed by atoms with van der Waals surface area (Å²) in [5.74, 6) is -0.174. The van der Waals surface area contributed by atoms with Crippen molar-refractivity contribution < 1.29 is 13.2 Å². The van der Waals surface area contributed by atoms with E-state index in [9.17, 15) is 13.2 Å². The Kier molecular flexibility index (Phi) is 5.79. The molecule has 0 heterocycles. The lowest BCUT2D eigenvalue weighted by Crippen LogP contribution is -2.39. The summed E-state index contributed by atoms with van der Waals surface area (Å²) in [6.07, 6.45) is 0. The van der Waals surface area contributed by atoms with E-state index in [2.05, 4.69) is 35.6 Å². The van der Waals surface area contributed by atoms with E-state index in [1.165, 1.54) is 35.0 Å². The van der Waals surface area contributed by atoms with Crippen molar-refractivity contribution >= 4 is 32.4 Å². The first-order valence-electron chi connectivity index (χ1n) is 8.86. The number of nitrogens with one attached hydrogen (secondary N) is 1. The number of benzene rings is 3. The van der Waals surface area contributed by atoms with Crippen LogP contribution in [0, 0.1) is 0 Å². The van der Waals surface area contributed by atoms with Crippen LogP contribution in [-0.2, 0) is 21.4 Å². The predicted octanol–water partition coefficient (Wildman–Crippen LogP) is 2.95. The fourth-order valence-electron chi connectivity index (χ4n) is 2.94. The minimum Gasteiger partial charge on any atom is -0.325 e. The van der Waals surface area contributed by atoms with Crippen LogP contribution in [0.5, 0.6) is 0 Å². The van der Waals surface area contributed by atoms with Crippen LogP contribution < -0.4 is 10.5 Å². The Labute approximate surface area is 165 Å². The number of nitrogens with zero attached hydrogens (tertiary/aromatic N) is 1. The van der Waals surface area contributed by atoms with E-state index in [4.69, 9.17) is 5.14 Å². The van der Waals surface area contributed by atoms with Crippen LogP contribution in [0.15, 0.2) is 71.6 Å². The van der Waals surface area contributed by atoms with Crippen molar-refractivity contribution in [3.05, 3.63) is 72.3 Å². The number of hydrogen-bond acceptors (Lipinski definition) is 4. The minimum absolute atomic E-state index is 0.00645. The summed E-state index contributed by atoms with van der Waals surface area (Å²) in [7, 11) is -1.86. The van der Waals surface area contributed by atoms with Crippen molar-refractivity contribution in [2.24, 2.45) is 5.14 Å². The standard InChI is InChI=1S/C21H23N3O3S/c1-15(21(25)23-19-9-11-20(12-10-19)28(22,26)27)24(2)14-16-7-8-17-5-3-4-6-18(17)13-16/h3-13,15H,14H2,1-2H3,(H,23,25)(H2,22,26,27)/t15-/m1/s1. The lowest BCUT2D eigenvalue weighted by Gasteiger charge is -2.24. The van der Waals surface area contributed by atoms with Crippen molar-refractivity contribution in [2.45, 2.75) is 24.4 Å². The molecule has 0 spiro atoms. The van der Waals surface area contributed by atoms with E-state index >= 15 is 0 Å². The Bertz CT molecular complexity index is 1100. The van der Waals surface area contributed by atoms with Gasteiger partial charge in [-0.15, -0.1) is 0 Å². The molecule has 0 aliphatic carbocycles. The van der Waals surface area contributed by atoms with E-state index in [1.54, 1.807) is 0 Å². The molecule has 0 saturated heterocycles. The van der Waals surface area contributed by atoms with Gasteiger partial charge in [0.2, 0.25) is 15.9 Å². The van der Waals surface area contributed by atoms with Gasteiger partial charge in [-0.2, -0.15) is 0 Å². The third-order valence-electron chi connectivity index (χ3n) is 4.74. The number of primary sulfonamides is 1. The quantitative estimate of drug-likeness (QED) is 0.669. The van der Waals surface area contributed by atoms with Crippen molar-refractivity contribution in [3.63, 3.8) is 0 Å². The molecule has 7 heteroatoms. The highest BCUT2D eigenvalue weighted by atomic mass is 32.2. The molecule has 0 bridgehead atoms. The molecule has 0 aliphatic heterocycles. The zero-order chi connectivity index (χ0) is 20.3. The maximum atomic E-state index is 12.5. The average Bonchev–Trinajstić information content (AvgIpc) is 2.67. The minimum atomic E-state index is -3.75. The van der Waals surface area contributed by atoms with E-state index in [-0.39, 0.29) is 16.8 Å². The number of hydrogen-bond donors (Lipinski definition) is 2. The highest BCUT2D eigenvalue weighted by Gasteiger charge is 2.18. The maximum absolute atomic E-state index is 12.5. The van der Waals surface area contributed by atoms with Gasteiger partial charge in [-0.05, 0) is 60.6 Å². The summed E-state index contributed by atoms with van der Waals surface area (Å²) >= 11 is 0. The van der Waals surface area contributed by atoms with Crippen LogP contribution in [0.1, 0.15) is 12.5 Å². The lowest BCUT2D eigenvalue weighted by atomic mass is 10.1. The second kappa shape index (κ2) is 8.10.